The molecule has 1 aromatic carbocycles. The maximum Gasteiger partial charge on any atom is 0.313 e. The number of hydrogen-bond donors (Lipinski definition) is 1. The fourth-order valence-corrected chi connectivity index (χ4v) is 2.77. The Morgan fingerprint density at radius 1 is 1.70 bits per heavy atom. The van der Waals surface area contributed by atoms with Gasteiger partial charge in [0.2, 0.25) is 0 Å². The summed E-state index contributed by atoms with van der Waals surface area (Å²) in [4.78, 5) is 15.0. The van der Waals surface area contributed by atoms with Gasteiger partial charge in [0.1, 0.15) is 5.82 Å². The number of hydrogen-bond acceptors (Lipinski definition) is 3. The zero-order chi connectivity index (χ0) is 14.9. The third-order valence-electron chi connectivity index (χ3n) is 2.77. The number of imidazole rings is 1. The predicted octanol–water partition coefficient (Wildman–Crippen LogP) is 3.75. The average Bonchev–Trinajstić information content (AvgIpc) is 2.73. The minimum Gasteiger partial charge on any atom is -0.481 e. The molecule has 0 aliphatic carbocycles. The van der Waals surface area contributed by atoms with Crippen LogP contribution in [0.2, 0.25) is 5.02 Å². The van der Waals surface area contributed by atoms with Crippen molar-refractivity contribution in [2.75, 3.05) is 5.75 Å². The van der Waals surface area contributed by atoms with E-state index in [1.54, 1.807) is 10.6 Å². The molecule has 7 heteroatoms. The van der Waals surface area contributed by atoms with E-state index in [1.165, 1.54) is 12.1 Å². The molecule has 0 saturated heterocycles. The van der Waals surface area contributed by atoms with Gasteiger partial charge in [0.25, 0.3) is 0 Å². The predicted molar refractivity (Wildman–Crippen MR) is 78.0 cm³/mol. The van der Waals surface area contributed by atoms with Crippen molar-refractivity contribution in [3.05, 3.63) is 35.6 Å². The molecule has 2 aromatic rings. The van der Waals surface area contributed by atoms with Crippen molar-refractivity contribution in [3.63, 3.8) is 0 Å². The molecule has 0 fully saturated rings. The van der Waals surface area contributed by atoms with E-state index in [-0.39, 0.29) is 16.8 Å². The number of aliphatic carboxylic acids is 1. The summed E-state index contributed by atoms with van der Waals surface area (Å²) in [7, 11) is 0. The van der Waals surface area contributed by atoms with Crippen molar-refractivity contribution in [1.29, 1.82) is 0 Å². The molecule has 0 spiro atoms. The third-order valence-corrected chi connectivity index (χ3v) is 4.00. The molecule has 1 N–H and O–H groups in total. The summed E-state index contributed by atoms with van der Waals surface area (Å²) in [6.07, 6.45) is 1.70. The second-order valence-electron chi connectivity index (χ2n) is 4.18. The number of rotatable bonds is 5. The van der Waals surface area contributed by atoms with Gasteiger partial charge in [-0.05, 0) is 13.0 Å². The minimum atomic E-state index is -0.941. The van der Waals surface area contributed by atoms with Gasteiger partial charge < -0.3 is 9.67 Å². The Morgan fingerprint density at radius 3 is 3.00 bits per heavy atom. The molecular weight excluding hydrogens is 303 g/mol. The van der Waals surface area contributed by atoms with Gasteiger partial charge in [0, 0.05) is 6.07 Å². The molecule has 1 atom stereocenters. The van der Waals surface area contributed by atoms with Gasteiger partial charge in [-0.1, -0.05) is 29.4 Å². The number of carbonyl (C=O) groups is 1. The van der Waals surface area contributed by atoms with Crippen LogP contribution in [0.4, 0.5) is 4.39 Å². The Hall–Kier alpha value is -1.53. The number of carboxylic acids is 1. The Kier molecular flexibility index (Phi) is 4.35. The molecule has 1 heterocycles. The third kappa shape index (κ3) is 2.81. The van der Waals surface area contributed by atoms with Crippen LogP contribution in [0.25, 0.3) is 11.0 Å². The van der Waals surface area contributed by atoms with Crippen molar-refractivity contribution < 1.29 is 14.3 Å². The molecule has 0 aliphatic heterocycles. The summed E-state index contributed by atoms with van der Waals surface area (Å²) in [6, 6.07) is 2.62. The van der Waals surface area contributed by atoms with Crippen LogP contribution >= 0.6 is 23.4 Å². The maximum atomic E-state index is 13.5. The Labute approximate surface area is 124 Å². The summed E-state index contributed by atoms with van der Waals surface area (Å²) in [5, 5.41) is 9.27. The summed E-state index contributed by atoms with van der Waals surface area (Å²) in [5.41, 5.74) is 1.09. The SMILES string of the molecule is C=CC(C)n1c(SCC(=O)O)nc2cc(F)c(Cl)cc21. The van der Waals surface area contributed by atoms with Crippen molar-refractivity contribution >= 4 is 40.4 Å². The first-order chi connectivity index (χ1) is 9.43. The van der Waals surface area contributed by atoms with Crippen molar-refractivity contribution in [2.45, 2.75) is 18.1 Å². The highest BCUT2D eigenvalue weighted by molar-refractivity contribution is 7.99. The van der Waals surface area contributed by atoms with Gasteiger partial charge >= 0.3 is 5.97 Å². The average molecular weight is 315 g/mol. The zero-order valence-corrected chi connectivity index (χ0v) is 12.2. The van der Waals surface area contributed by atoms with Gasteiger partial charge in [-0.3, -0.25) is 4.79 Å². The lowest BCUT2D eigenvalue weighted by Gasteiger charge is -2.13. The van der Waals surface area contributed by atoms with Crippen LogP contribution in [-0.4, -0.2) is 26.4 Å². The number of nitrogens with zero attached hydrogens (tertiary/aromatic N) is 2. The lowest BCUT2D eigenvalue weighted by Crippen LogP contribution is -2.06. The number of carboxylic acid groups (broad SMARTS) is 1. The number of halogens is 2. The van der Waals surface area contributed by atoms with Crippen LogP contribution in [0.1, 0.15) is 13.0 Å². The number of fused-ring (bicyclic) bond motifs is 1. The van der Waals surface area contributed by atoms with Crippen molar-refractivity contribution in [1.82, 2.24) is 9.55 Å². The summed E-state index contributed by atoms with van der Waals surface area (Å²) in [5.74, 6) is -1.61. The number of thioether (sulfide) groups is 1. The smallest absolute Gasteiger partial charge is 0.313 e. The Morgan fingerprint density at radius 2 is 2.40 bits per heavy atom. The number of allylic oxidation sites excluding steroid dienone is 1. The van der Waals surface area contributed by atoms with Crippen LogP contribution in [0.5, 0.6) is 0 Å². The molecular formula is C13H12ClFN2O2S. The van der Waals surface area contributed by atoms with E-state index < -0.39 is 11.8 Å². The van der Waals surface area contributed by atoms with E-state index >= 15 is 0 Å². The molecule has 0 bridgehead atoms. The highest BCUT2D eigenvalue weighted by Crippen LogP contribution is 2.31. The van der Waals surface area contributed by atoms with Crippen LogP contribution in [0.3, 0.4) is 0 Å². The lowest BCUT2D eigenvalue weighted by atomic mass is 10.2. The van der Waals surface area contributed by atoms with E-state index in [2.05, 4.69) is 11.6 Å². The largest absolute Gasteiger partial charge is 0.481 e. The Bertz CT molecular complexity index is 687. The van der Waals surface area contributed by atoms with E-state index in [9.17, 15) is 9.18 Å². The summed E-state index contributed by atoms with van der Waals surface area (Å²) in [6.45, 7) is 5.60. The molecule has 0 aliphatic rings. The molecule has 0 amide bonds. The van der Waals surface area contributed by atoms with Gasteiger partial charge in [-0.2, -0.15) is 0 Å². The maximum absolute atomic E-state index is 13.5. The normalized spacial score (nSPS) is 12.6. The van der Waals surface area contributed by atoms with Gasteiger partial charge in [-0.25, -0.2) is 9.37 Å². The first-order valence-corrected chi connectivity index (χ1v) is 7.14. The molecule has 106 valence electrons. The summed E-state index contributed by atoms with van der Waals surface area (Å²) >= 11 is 6.88. The van der Waals surface area contributed by atoms with Crippen LogP contribution in [-0.2, 0) is 4.79 Å². The van der Waals surface area contributed by atoms with Crippen LogP contribution in [0.15, 0.2) is 29.9 Å². The Balaban J connectivity index is 2.60. The highest BCUT2D eigenvalue weighted by atomic mass is 35.5. The monoisotopic (exact) mass is 314 g/mol. The molecule has 20 heavy (non-hydrogen) atoms. The fraction of sp³-hybridized carbons (Fsp3) is 0.231. The first-order valence-electron chi connectivity index (χ1n) is 5.78. The van der Waals surface area contributed by atoms with E-state index in [0.717, 1.165) is 11.8 Å². The first kappa shape index (κ1) is 14.9. The molecule has 4 nitrogen and oxygen atoms in total. The molecule has 1 aromatic heterocycles. The van der Waals surface area contributed by atoms with E-state index in [0.29, 0.717) is 16.2 Å². The van der Waals surface area contributed by atoms with Gasteiger partial charge in [0.15, 0.2) is 5.16 Å². The van der Waals surface area contributed by atoms with Gasteiger partial charge in [0.05, 0.1) is 27.9 Å². The topological polar surface area (TPSA) is 55.1 Å². The zero-order valence-electron chi connectivity index (χ0n) is 10.6. The van der Waals surface area contributed by atoms with E-state index in [1.807, 2.05) is 6.92 Å². The second-order valence-corrected chi connectivity index (χ2v) is 5.53. The minimum absolute atomic E-state index is 0.00435. The van der Waals surface area contributed by atoms with E-state index in [4.69, 9.17) is 16.7 Å². The van der Waals surface area contributed by atoms with Crippen LogP contribution in [0, 0.1) is 5.82 Å². The number of aromatic nitrogens is 2. The van der Waals surface area contributed by atoms with Crippen molar-refractivity contribution in [3.8, 4) is 0 Å². The fourth-order valence-electron chi connectivity index (χ4n) is 1.80. The molecule has 1 unspecified atom stereocenters. The lowest BCUT2D eigenvalue weighted by molar-refractivity contribution is -0.133. The second kappa shape index (κ2) is 5.85. The van der Waals surface area contributed by atoms with Crippen molar-refractivity contribution in [2.24, 2.45) is 0 Å². The standard InChI is InChI=1S/C13H12ClFN2O2S/c1-3-7(2)17-11-4-8(14)9(15)5-10(11)16-13(17)20-6-12(18)19/h3-5,7H,1,6H2,2H3,(H,18,19). The number of benzene rings is 1. The molecule has 2 rings (SSSR count). The van der Waals surface area contributed by atoms with Crippen LogP contribution < -0.4 is 0 Å². The molecule has 0 saturated carbocycles. The quantitative estimate of drug-likeness (QED) is 0.674. The van der Waals surface area contributed by atoms with Gasteiger partial charge in [-0.15, -0.1) is 6.58 Å². The highest BCUT2D eigenvalue weighted by Gasteiger charge is 2.17. The molecule has 0 radical (unpaired) electrons. The summed E-state index contributed by atoms with van der Waals surface area (Å²) < 4.78 is 15.3.